The van der Waals surface area contributed by atoms with Crippen molar-refractivity contribution in [3.63, 3.8) is 0 Å². The largest absolute Gasteiger partial charge is 0.497 e. The number of carbonyl (C=O) groups is 1. The van der Waals surface area contributed by atoms with Gasteiger partial charge in [0.25, 0.3) is 0 Å². The molecule has 0 spiro atoms. The van der Waals surface area contributed by atoms with Gasteiger partial charge < -0.3 is 19.7 Å². The Morgan fingerprint density at radius 2 is 2.19 bits per heavy atom. The monoisotopic (exact) mass is 292 g/mol. The van der Waals surface area contributed by atoms with Crippen LogP contribution in [0.15, 0.2) is 24.3 Å². The van der Waals surface area contributed by atoms with Crippen LogP contribution in [0.25, 0.3) is 0 Å². The van der Waals surface area contributed by atoms with E-state index >= 15 is 0 Å². The minimum Gasteiger partial charge on any atom is -0.497 e. The minimum atomic E-state index is -0.0877. The van der Waals surface area contributed by atoms with Crippen molar-refractivity contribution in [2.75, 3.05) is 39.2 Å². The lowest BCUT2D eigenvalue weighted by atomic mass is 9.96. The van der Waals surface area contributed by atoms with Gasteiger partial charge in [-0.2, -0.15) is 0 Å². The molecule has 0 saturated carbocycles. The molecule has 21 heavy (non-hydrogen) atoms. The molecule has 116 valence electrons. The number of nitrogens with one attached hydrogen (secondary N) is 1. The molecule has 0 aromatic heterocycles. The van der Waals surface area contributed by atoms with Gasteiger partial charge >= 0.3 is 6.03 Å². The molecule has 1 aliphatic rings. The highest BCUT2D eigenvalue weighted by Crippen LogP contribution is 2.19. The van der Waals surface area contributed by atoms with Gasteiger partial charge in [0.05, 0.1) is 7.11 Å². The molecule has 0 atom stereocenters. The summed E-state index contributed by atoms with van der Waals surface area (Å²) in [6.45, 7) is 2.47. The molecular formula is C16H24N2O3. The van der Waals surface area contributed by atoms with E-state index in [2.05, 4.69) is 5.32 Å². The van der Waals surface area contributed by atoms with Crippen molar-refractivity contribution in [3.05, 3.63) is 24.3 Å². The van der Waals surface area contributed by atoms with Gasteiger partial charge in [0.15, 0.2) is 0 Å². The Hall–Kier alpha value is -1.75. The van der Waals surface area contributed by atoms with Crippen LogP contribution in [0.4, 0.5) is 10.5 Å². The average molecular weight is 292 g/mol. The van der Waals surface area contributed by atoms with Crippen molar-refractivity contribution in [1.82, 2.24) is 4.90 Å². The second-order valence-corrected chi connectivity index (χ2v) is 5.43. The van der Waals surface area contributed by atoms with Crippen molar-refractivity contribution >= 4 is 11.7 Å². The fourth-order valence-corrected chi connectivity index (χ4v) is 2.43. The molecule has 5 heteroatoms. The minimum absolute atomic E-state index is 0.0877. The number of rotatable bonds is 5. The first-order valence-corrected chi connectivity index (χ1v) is 7.43. The van der Waals surface area contributed by atoms with Crippen molar-refractivity contribution in [2.45, 2.75) is 19.3 Å². The summed E-state index contributed by atoms with van der Waals surface area (Å²) in [5, 5.41) is 2.89. The molecule has 1 aromatic carbocycles. The quantitative estimate of drug-likeness (QED) is 0.907. The van der Waals surface area contributed by atoms with E-state index in [0.29, 0.717) is 5.92 Å². The predicted octanol–water partition coefficient (Wildman–Crippen LogP) is 2.98. The zero-order valence-electron chi connectivity index (χ0n) is 12.8. The molecule has 0 aliphatic carbocycles. The van der Waals surface area contributed by atoms with Crippen LogP contribution in [0.5, 0.6) is 5.75 Å². The Kier molecular flexibility index (Phi) is 5.87. The second kappa shape index (κ2) is 7.88. The normalized spacial score (nSPS) is 15.5. The van der Waals surface area contributed by atoms with Gasteiger partial charge in [-0.15, -0.1) is 0 Å². The third-order valence-electron chi connectivity index (χ3n) is 3.88. The van der Waals surface area contributed by atoms with Crippen LogP contribution < -0.4 is 10.1 Å². The van der Waals surface area contributed by atoms with Crippen LogP contribution in [-0.2, 0) is 4.74 Å². The molecule has 0 bridgehead atoms. The molecule has 1 fully saturated rings. The van der Waals surface area contributed by atoms with E-state index in [0.717, 1.165) is 50.5 Å². The second-order valence-electron chi connectivity index (χ2n) is 5.43. The Morgan fingerprint density at radius 1 is 1.43 bits per heavy atom. The average Bonchev–Trinajstić information content (AvgIpc) is 2.53. The van der Waals surface area contributed by atoms with Crippen molar-refractivity contribution in [1.29, 1.82) is 0 Å². The highest BCUT2D eigenvalue weighted by atomic mass is 16.5. The number of nitrogens with zero attached hydrogens (tertiary/aromatic N) is 1. The summed E-state index contributed by atoms with van der Waals surface area (Å²) in [5.41, 5.74) is 0.747. The Labute approximate surface area is 126 Å². The molecule has 1 aromatic rings. The van der Waals surface area contributed by atoms with E-state index in [1.165, 1.54) is 0 Å². The molecule has 1 aliphatic heterocycles. The summed E-state index contributed by atoms with van der Waals surface area (Å²) in [6.07, 6.45) is 3.24. The molecule has 1 N–H and O–H groups in total. The summed E-state index contributed by atoms with van der Waals surface area (Å²) in [5.74, 6) is 1.41. The molecular weight excluding hydrogens is 268 g/mol. The standard InChI is InChI=1S/C16H24N2O3/c1-18(9-6-13-7-10-21-11-8-13)16(19)17-14-4-3-5-15(12-14)20-2/h3-5,12-13H,6-11H2,1-2H3,(H,17,19). The Bertz CT molecular complexity index is 459. The summed E-state index contributed by atoms with van der Waals surface area (Å²) in [6, 6.07) is 7.29. The fraction of sp³-hybridized carbons (Fsp3) is 0.562. The molecule has 5 nitrogen and oxygen atoms in total. The highest BCUT2D eigenvalue weighted by Gasteiger charge is 2.16. The van der Waals surface area contributed by atoms with E-state index in [9.17, 15) is 4.79 Å². The first kappa shape index (κ1) is 15.6. The first-order chi connectivity index (χ1) is 10.2. The molecule has 1 saturated heterocycles. The number of benzene rings is 1. The van der Waals surface area contributed by atoms with Gasteiger partial charge in [-0.3, -0.25) is 0 Å². The molecule has 2 amide bonds. The Balaban J connectivity index is 1.78. The Morgan fingerprint density at radius 3 is 2.90 bits per heavy atom. The lowest BCUT2D eigenvalue weighted by Crippen LogP contribution is -2.33. The highest BCUT2D eigenvalue weighted by molar-refractivity contribution is 5.89. The topological polar surface area (TPSA) is 50.8 Å². The van der Waals surface area contributed by atoms with Crippen LogP contribution in [0.1, 0.15) is 19.3 Å². The number of hydrogen-bond donors (Lipinski definition) is 1. The number of ether oxygens (including phenoxy) is 2. The van der Waals surface area contributed by atoms with Crippen molar-refractivity contribution < 1.29 is 14.3 Å². The molecule has 0 unspecified atom stereocenters. The number of carbonyl (C=O) groups excluding carboxylic acids is 1. The van der Waals surface area contributed by atoms with Gasteiger partial charge in [-0.25, -0.2) is 4.79 Å². The van der Waals surface area contributed by atoms with Gasteiger partial charge in [0, 0.05) is 38.6 Å². The van der Waals surface area contributed by atoms with Crippen LogP contribution >= 0.6 is 0 Å². The van der Waals surface area contributed by atoms with E-state index in [1.54, 1.807) is 12.0 Å². The zero-order chi connectivity index (χ0) is 15.1. The van der Waals surface area contributed by atoms with E-state index in [4.69, 9.17) is 9.47 Å². The van der Waals surface area contributed by atoms with Gasteiger partial charge in [0.1, 0.15) is 5.75 Å². The van der Waals surface area contributed by atoms with Gasteiger partial charge in [-0.05, 0) is 37.3 Å². The summed E-state index contributed by atoms with van der Waals surface area (Å²) >= 11 is 0. The summed E-state index contributed by atoms with van der Waals surface area (Å²) in [7, 11) is 3.44. The zero-order valence-corrected chi connectivity index (χ0v) is 12.8. The third-order valence-corrected chi connectivity index (χ3v) is 3.88. The number of urea groups is 1. The number of methoxy groups -OCH3 is 1. The van der Waals surface area contributed by atoms with Crippen LogP contribution in [0, 0.1) is 5.92 Å². The summed E-state index contributed by atoms with van der Waals surface area (Å²) in [4.78, 5) is 13.9. The third kappa shape index (κ3) is 4.93. The van der Waals surface area contributed by atoms with Crippen molar-refractivity contribution in [3.8, 4) is 5.75 Å². The predicted molar refractivity (Wildman–Crippen MR) is 82.8 cm³/mol. The number of amides is 2. The lowest BCUT2D eigenvalue weighted by Gasteiger charge is -2.25. The van der Waals surface area contributed by atoms with E-state index in [-0.39, 0.29) is 6.03 Å². The lowest BCUT2D eigenvalue weighted by molar-refractivity contribution is 0.0621. The van der Waals surface area contributed by atoms with Crippen LogP contribution in [0.2, 0.25) is 0 Å². The summed E-state index contributed by atoms with van der Waals surface area (Å²) < 4.78 is 10.5. The maximum Gasteiger partial charge on any atom is 0.321 e. The SMILES string of the molecule is COc1cccc(NC(=O)N(C)CCC2CCOCC2)c1. The molecule has 0 radical (unpaired) electrons. The van der Waals surface area contributed by atoms with Crippen molar-refractivity contribution in [2.24, 2.45) is 5.92 Å². The van der Waals surface area contributed by atoms with Crippen LogP contribution in [-0.4, -0.2) is 44.8 Å². The number of hydrogen-bond acceptors (Lipinski definition) is 3. The van der Waals surface area contributed by atoms with Crippen LogP contribution in [0.3, 0.4) is 0 Å². The maximum atomic E-state index is 12.1. The van der Waals surface area contributed by atoms with E-state index in [1.807, 2.05) is 31.3 Å². The fourth-order valence-electron chi connectivity index (χ4n) is 2.43. The number of anilines is 1. The first-order valence-electron chi connectivity index (χ1n) is 7.43. The maximum absolute atomic E-state index is 12.1. The van der Waals surface area contributed by atoms with Gasteiger partial charge in [0.2, 0.25) is 0 Å². The van der Waals surface area contributed by atoms with E-state index < -0.39 is 0 Å². The molecule has 1 heterocycles. The van der Waals surface area contributed by atoms with Gasteiger partial charge in [-0.1, -0.05) is 6.07 Å². The smallest absolute Gasteiger partial charge is 0.321 e. The molecule has 2 rings (SSSR count).